The molecular weight excluding hydrogens is 358 g/mol. The van der Waals surface area contributed by atoms with Crippen LogP contribution in [0.5, 0.6) is 0 Å². The SMILES string of the molecule is O=C(NCc1ccc(N2CCOCC2)nc1)c1cccc(Br)c1. The molecule has 1 amide bonds. The Labute approximate surface area is 143 Å². The maximum absolute atomic E-state index is 12.1. The third-order valence-corrected chi connectivity index (χ3v) is 4.18. The van der Waals surface area contributed by atoms with Crippen molar-refractivity contribution in [1.82, 2.24) is 10.3 Å². The molecule has 1 aliphatic heterocycles. The monoisotopic (exact) mass is 375 g/mol. The van der Waals surface area contributed by atoms with E-state index in [-0.39, 0.29) is 5.91 Å². The lowest BCUT2D eigenvalue weighted by Gasteiger charge is -2.27. The highest BCUT2D eigenvalue weighted by Gasteiger charge is 2.12. The van der Waals surface area contributed by atoms with E-state index in [4.69, 9.17) is 4.74 Å². The first-order chi connectivity index (χ1) is 11.2. The van der Waals surface area contributed by atoms with Gasteiger partial charge in [-0.25, -0.2) is 4.98 Å². The summed E-state index contributed by atoms with van der Waals surface area (Å²) < 4.78 is 6.23. The number of amides is 1. The zero-order chi connectivity index (χ0) is 16.1. The van der Waals surface area contributed by atoms with E-state index >= 15 is 0 Å². The Balaban J connectivity index is 1.57. The third-order valence-electron chi connectivity index (χ3n) is 3.68. The number of anilines is 1. The van der Waals surface area contributed by atoms with Crippen LogP contribution in [0.15, 0.2) is 47.1 Å². The molecule has 120 valence electrons. The number of pyridine rings is 1. The van der Waals surface area contributed by atoms with Gasteiger partial charge in [-0.2, -0.15) is 0 Å². The van der Waals surface area contributed by atoms with Gasteiger partial charge < -0.3 is 15.0 Å². The fourth-order valence-electron chi connectivity index (χ4n) is 2.41. The van der Waals surface area contributed by atoms with Gasteiger partial charge in [0.25, 0.3) is 5.91 Å². The molecule has 0 atom stereocenters. The minimum absolute atomic E-state index is 0.0939. The molecule has 0 spiro atoms. The second-order valence-corrected chi connectivity index (χ2v) is 6.23. The summed E-state index contributed by atoms with van der Waals surface area (Å²) in [5, 5.41) is 2.91. The second kappa shape index (κ2) is 7.57. The standard InChI is InChI=1S/C17H18BrN3O2/c18-15-3-1-2-14(10-15)17(22)20-12-13-4-5-16(19-11-13)21-6-8-23-9-7-21/h1-5,10-11H,6-9,12H2,(H,20,22). The van der Waals surface area contributed by atoms with Gasteiger partial charge in [0.2, 0.25) is 0 Å². The van der Waals surface area contributed by atoms with Gasteiger partial charge in [0.05, 0.1) is 13.2 Å². The van der Waals surface area contributed by atoms with Gasteiger partial charge >= 0.3 is 0 Å². The number of morpholine rings is 1. The Hall–Kier alpha value is -1.92. The largest absolute Gasteiger partial charge is 0.378 e. The van der Waals surface area contributed by atoms with Gasteiger partial charge in [0.1, 0.15) is 5.82 Å². The van der Waals surface area contributed by atoms with E-state index in [0.29, 0.717) is 12.1 Å². The van der Waals surface area contributed by atoms with Crippen LogP contribution in [-0.4, -0.2) is 37.2 Å². The molecule has 0 saturated carbocycles. The Morgan fingerprint density at radius 2 is 2.09 bits per heavy atom. The van der Waals surface area contributed by atoms with Gasteiger partial charge in [-0.3, -0.25) is 4.79 Å². The topological polar surface area (TPSA) is 54.5 Å². The Kier molecular flexibility index (Phi) is 5.25. The van der Waals surface area contributed by atoms with Crippen molar-refractivity contribution in [3.63, 3.8) is 0 Å². The van der Waals surface area contributed by atoms with E-state index in [1.54, 1.807) is 12.1 Å². The summed E-state index contributed by atoms with van der Waals surface area (Å²) in [6.45, 7) is 3.68. The maximum Gasteiger partial charge on any atom is 0.251 e. The number of hydrogen-bond donors (Lipinski definition) is 1. The van der Waals surface area contributed by atoms with Gasteiger partial charge in [-0.1, -0.05) is 28.1 Å². The first kappa shape index (κ1) is 16.0. The number of carbonyl (C=O) groups excluding carboxylic acids is 1. The van der Waals surface area contributed by atoms with Crippen LogP contribution < -0.4 is 10.2 Å². The Morgan fingerprint density at radius 1 is 1.26 bits per heavy atom. The minimum atomic E-state index is -0.0939. The van der Waals surface area contributed by atoms with E-state index in [1.165, 1.54) is 0 Å². The fourth-order valence-corrected chi connectivity index (χ4v) is 2.81. The van der Waals surface area contributed by atoms with Crippen molar-refractivity contribution in [3.05, 3.63) is 58.2 Å². The van der Waals surface area contributed by atoms with E-state index in [1.807, 2.05) is 30.5 Å². The molecule has 23 heavy (non-hydrogen) atoms. The molecule has 1 aromatic heterocycles. The van der Waals surface area contributed by atoms with Crippen LogP contribution in [0.3, 0.4) is 0 Å². The number of aromatic nitrogens is 1. The number of nitrogens with one attached hydrogen (secondary N) is 1. The molecule has 5 nitrogen and oxygen atoms in total. The molecule has 6 heteroatoms. The van der Waals surface area contributed by atoms with E-state index in [0.717, 1.165) is 42.2 Å². The molecular formula is C17H18BrN3O2. The molecule has 0 radical (unpaired) electrons. The van der Waals surface area contributed by atoms with Crippen LogP contribution in [0.4, 0.5) is 5.82 Å². The highest BCUT2D eigenvalue weighted by molar-refractivity contribution is 9.10. The van der Waals surface area contributed by atoms with Crippen LogP contribution in [0.25, 0.3) is 0 Å². The zero-order valence-electron chi connectivity index (χ0n) is 12.7. The highest BCUT2D eigenvalue weighted by Crippen LogP contribution is 2.14. The van der Waals surface area contributed by atoms with Crippen molar-refractivity contribution in [1.29, 1.82) is 0 Å². The normalized spacial score (nSPS) is 14.6. The minimum Gasteiger partial charge on any atom is -0.378 e. The Morgan fingerprint density at radius 3 is 2.78 bits per heavy atom. The summed E-state index contributed by atoms with van der Waals surface area (Å²) in [5.41, 5.74) is 1.61. The van der Waals surface area contributed by atoms with Gasteiger partial charge in [0.15, 0.2) is 0 Å². The van der Waals surface area contributed by atoms with Gasteiger partial charge in [0, 0.05) is 35.9 Å². The number of hydrogen-bond acceptors (Lipinski definition) is 4. The van der Waals surface area contributed by atoms with Gasteiger partial charge in [-0.15, -0.1) is 0 Å². The number of rotatable bonds is 4. The average Bonchev–Trinajstić information content (AvgIpc) is 2.61. The van der Waals surface area contributed by atoms with Crippen LogP contribution in [-0.2, 0) is 11.3 Å². The second-order valence-electron chi connectivity index (χ2n) is 5.32. The number of benzene rings is 1. The van der Waals surface area contributed by atoms with Crippen molar-refractivity contribution < 1.29 is 9.53 Å². The number of halogens is 1. The van der Waals surface area contributed by atoms with Crippen LogP contribution in [0.1, 0.15) is 15.9 Å². The molecule has 1 fully saturated rings. The maximum atomic E-state index is 12.1. The zero-order valence-corrected chi connectivity index (χ0v) is 14.3. The quantitative estimate of drug-likeness (QED) is 0.892. The first-order valence-corrected chi connectivity index (χ1v) is 8.33. The molecule has 1 N–H and O–H groups in total. The van der Waals surface area contributed by atoms with E-state index in [2.05, 4.69) is 31.1 Å². The predicted molar refractivity (Wildman–Crippen MR) is 92.6 cm³/mol. The number of ether oxygens (including phenoxy) is 1. The van der Waals surface area contributed by atoms with Crippen molar-refractivity contribution >= 4 is 27.7 Å². The summed E-state index contributed by atoms with van der Waals surface area (Å²) >= 11 is 3.37. The lowest BCUT2D eigenvalue weighted by atomic mass is 10.2. The van der Waals surface area contributed by atoms with Crippen LogP contribution >= 0.6 is 15.9 Å². The van der Waals surface area contributed by atoms with Crippen LogP contribution in [0.2, 0.25) is 0 Å². The summed E-state index contributed by atoms with van der Waals surface area (Å²) in [4.78, 5) is 18.8. The van der Waals surface area contributed by atoms with E-state index in [9.17, 15) is 4.79 Å². The van der Waals surface area contributed by atoms with Crippen molar-refractivity contribution in [2.24, 2.45) is 0 Å². The third kappa shape index (κ3) is 4.30. The molecule has 0 aliphatic carbocycles. The van der Waals surface area contributed by atoms with E-state index < -0.39 is 0 Å². The lowest BCUT2D eigenvalue weighted by Crippen LogP contribution is -2.36. The molecule has 3 rings (SSSR count). The first-order valence-electron chi connectivity index (χ1n) is 7.54. The smallest absolute Gasteiger partial charge is 0.251 e. The van der Waals surface area contributed by atoms with Crippen molar-refractivity contribution in [2.45, 2.75) is 6.54 Å². The Bertz CT molecular complexity index is 670. The lowest BCUT2D eigenvalue weighted by molar-refractivity contribution is 0.0951. The highest BCUT2D eigenvalue weighted by atomic mass is 79.9. The van der Waals surface area contributed by atoms with Crippen molar-refractivity contribution in [2.75, 3.05) is 31.2 Å². The molecule has 0 bridgehead atoms. The van der Waals surface area contributed by atoms with Crippen LogP contribution in [0, 0.1) is 0 Å². The predicted octanol–water partition coefficient (Wildman–Crippen LogP) is 2.61. The summed E-state index contributed by atoms with van der Waals surface area (Å²) in [5.74, 6) is 0.860. The molecule has 1 aromatic carbocycles. The molecule has 1 aliphatic rings. The molecule has 1 saturated heterocycles. The summed E-state index contributed by atoms with van der Waals surface area (Å²) in [6.07, 6.45) is 1.81. The van der Waals surface area contributed by atoms with Gasteiger partial charge in [-0.05, 0) is 29.8 Å². The number of nitrogens with zero attached hydrogens (tertiary/aromatic N) is 2. The molecule has 2 heterocycles. The molecule has 2 aromatic rings. The summed E-state index contributed by atoms with van der Waals surface area (Å²) in [6, 6.07) is 11.3. The average molecular weight is 376 g/mol. The fraction of sp³-hybridized carbons (Fsp3) is 0.294. The molecule has 0 unspecified atom stereocenters. The van der Waals surface area contributed by atoms with Crippen molar-refractivity contribution in [3.8, 4) is 0 Å². The number of carbonyl (C=O) groups is 1. The summed E-state index contributed by atoms with van der Waals surface area (Å²) in [7, 11) is 0.